The Balaban J connectivity index is 0.00000243. The topological polar surface area (TPSA) is 119 Å². The highest BCUT2D eigenvalue weighted by atomic mass is 35.5. The number of aryl methyl sites for hydroxylation is 1. The van der Waals surface area contributed by atoms with Crippen molar-refractivity contribution in [3.8, 4) is 0 Å². The lowest BCUT2D eigenvalue weighted by Gasteiger charge is -2.09. The minimum atomic E-state index is -0.216. The first-order chi connectivity index (χ1) is 12.0. The first-order valence-corrected chi connectivity index (χ1v) is 7.65. The zero-order valence-corrected chi connectivity index (χ0v) is 14.9. The van der Waals surface area contributed by atoms with Crippen molar-refractivity contribution >= 4 is 47.1 Å². The summed E-state index contributed by atoms with van der Waals surface area (Å²) in [6, 6.07) is 15.8. The number of halogens is 1. The lowest BCUT2D eigenvalue weighted by molar-refractivity contribution is 0.102. The van der Waals surface area contributed by atoms with E-state index in [0.717, 1.165) is 11.4 Å². The molecule has 0 spiro atoms. The number of nitrogens with zero attached hydrogens (tertiary/aromatic N) is 2. The van der Waals surface area contributed by atoms with Crippen molar-refractivity contribution in [1.29, 1.82) is 0 Å². The molecule has 0 fully saturated rings. The number of hydrogen-bond acceptors (Lipinski definition) is 6. The highest BCUT2D eigenvalue weighted by molar-refractivity contribution is 6.04. The van der Waals surface area contributed by atoms with Gasteiger partial charge in [0.2, 0.25) is 5.95 Å². The molecule has 0 saturated heterocycles. The van der Waals surface area contributed by atoms with E-state index >= 15 is 0 Å². The summed E-state index contributed by atoms with van der Waals surface area (Å²) in [5.74, 6) is 0.549. The van der Waals surface area contributed by atoms with Gasteiger partial charge in [-0.2, -0.15) is 4.98 Å². The van der Waals surface area contributed by atoms with Crippen LogP contribution in [0.15, 0.2) is 54.6 Å². The molecule has 0 bridgehead atoms. The smallest absolute Gasteiger partial charge is 0.255 e. The van der Waals surface area contributed by atoms with Gasteiger partial charge in [-0.3, -0.25) is 4.79 Å². The molecule has 1 heterocycles. The molecule has 0 atom stereocenters. The maximum absolute atomic E-state index is 12.4. The van der Waals surface area contributed by atoms with Crippen LogP contribution in [0.3, 0.4) is 0 Å². The lowest BCUT2D eigenvalue weighted by atomic mass is 10.1. The maximum Gasteiger partial charge on any atom is 0.255 e. The zero-order valence-electron chi connectivity index (χ0n) is 14.1. The normalized spacial score (nSPS) is 9.88. The van der Waals surface area contributed by atoms with Crippen LogP contribution >= 0.6 is 12.4 Å². The molecule has 0 aliphatic carbocycles. The Hall–Kier alpha value is -3.32. The van der Waals surface area contributed by atoms with Gasteiger partial charge in [0, 0.05) is 34.4 Å². The van der Waals surface area contributed by atoms with Gasteiger partial charge in [-0.05, 0) is 49.4 Å². The van der Waals surface area contributed by atoms with Crippen molar-refractivity contribution in [2.75, 3.05) is 22.1 Å². The molecule has 1 amide bonds. The second-order valence-corrected chi connectivity index (χ2v) is 5.53. The Bertz CT molecular complexity index is 894. The monoisotopic (exact) mass is 370 g/mol. The van der Waals surface area contributed by atoms with Gasteiger partial charge >= 0.3 is 0 Å². The molecule has 3 aromatic rings. The Morgan fingerprint density at radius 2 is 1.69 bits per heavy atom. The minimum absolute atomic E-state index is 0. The third-order valence-corrected chi connectivity index (χ3v) is 3.44. The van der Waals surface area contributed by atoms with E-state index < -0.39 is 0 Å². The number of anilines is 5. The Morgan fingerprint density at radius 1 is 0.962 bits per heavy atom. The van der Waals surface area contributed by atoms with E-state index in [0.29, 0.717) is 22.8 Å². The van der Waals surface area contributed by atoms with Crippen LogP contribution in [0, 0.1) is 6.92 Å². The number of hydrogen-bond donors (Lipinski definition) is 4. The van der Waals surface area contributed by atoms with Crippen LogP contribution in [-0.2, 0) is 0 Å². The van der Waals surface area contributed by atoms with Crippen LogP contribution in [0.5, 0.6) is 0 Å². The quantitative estimate of drug-likeness (QED) is 0.523. The van der Waals surface area contributed by atoms with Gasteiger partial charge in [0.05, 0.1) is 0 Å². The van der Waals surface area contributed by atoms with Gasteiger partial charge < -0.3 is 22.1 Å². The predicted molar refractivity (Wildman–Crippen MR) is 107 cm³/mol. The van der Waals surface area contributed by atoms with Crippen LogP contribution in [0.2, 0.25) is 0 Å². The predicted octanol–water partition coefficient (Wildman–Crippen LogP) is 3.37. The summed E-state index contributed by atoms with van der Waals surface area (Å²) in [5.41, 5.74) is 14.6. The van der Waals surface area contributed by atoms with Crippen molar-refractivity contribution in [3.63, 3.8) is 0 Å². The van der Waals surface area contributed by atoms with Crippen molar-refractivity contribution in [2.24, 2.45) is 0 Å². The summed E-state index contributed by atoms with van der Waals surface area (Å²) in [4.78, 5) is 20.5. The fraction of sp³-hybridized carbons (Fsp3) is 0.0556. The van der Waals surface area contributed by atoms with Gasteiger partial charge in [-0.1, -0.05) is 6.07 Å². The molecular weight excluding hydrogens is 352 g/mol. The van der Waals surface area contributed by atoms with E-state index in [1.54, 1.807) is 48.5 Å². The minimum Gasteiger partial charge on any atom is -0.399 e. The number of aromatic nitrogens is 2. The van der Waals surface area contributed by atoms with Crippen molar-refractivity contribution in [1.82, 2.24) is 9.97 Å². The molecule has 3 rings (SSSR count). The summed E-state index contributed by atoms with van der Waals surface area (Å²) < 4.78 is 0. The van der Waals surface area contributed by atoms with E-state index in [1.807, 2.05) is 13.0 Å². The van der Waals surface area contributed by atoms with Crippen LogP contribution in [-0.4, -0.2) is 15.9 Å². The fourth-order valence-corrected chi connectivity index (χ4v) is 2.31. The molecule has 2 aromatic carbocycles. The molecule has 7 nitrogen and oxygen atoms in total. The van der Waals surface area contributed by atoms with Gasteiger partial charge in [0.25, 0.3) is 5.91 Å². The Kier molecular flexibility index (Phi) is 5.98. The first kappa shape index (κ1) is 19.0. The van der Waals surface area contributed by atoms with Crippen molar-refractivity contribution in [3.05, 3.63) is 65.9 Å². The fourth-order valence-electron chi connectivity index (χ4n) is 2.31. The summed E-state index contributed by atoms with van der Waals surface area (Å²) in [5, 5.41) is 5.95. The Labute approximate surface area is 157 Å². The summed E-state index contributed by atoms with van der Waals surface area (Å²) in [7, 11) is 0. The van der Waals surface area contributed by atoms with Crippen LogP contribution in [0.4, 0.5) is 28.8 Å². The highest BCUT2D eigenvalue weighted by Crippen LogP contribution is 2.18. The van der Waals surface area contributed by atoms with Crippen molar-refractivity contribution < 1.29 is 4.79 Å². The van der Waals surface area contributed by atoms with Crippen LogP contribution in [0.25, 0.3) is 0 Å². The second-order valence-electron chi connectivity index (χ2n) is 5.53. The first-order valence-electron chi connectivity index (χ1n) is 7.65. The van der Waals surface area contributed by atoms with E-state index in [-0.39, 0.29) is 24.3 Å². The van der Waals surface area contributed by atoms with Gasteiger partial charge in [-0.25, -0.2) is 4.98 Å². The number of nitrogens with two attached hydrogens (primary N) is 2. The number of nitrogen functional groups attached to an aromatic ring is 2. The molecule has 0 saturated carbocycles. The molecule has 134 valence electrons. The van der Waals surface area contributed by atoms with Crippen LogP contribution < -0.4 is 22.1 Å². The molecule has 0 aliphatic heterocycles. The second kappa shape index (κ2) is 8.17. The Morgan fingerprint density at radius 3 is 2.38 bits per heavy atom. The summed E-state index contributed by atoms with van der Waals surface area (Å²) in [6.07, 6.45) is 0. The molecule has 0 aliphatic rings. The summed E-state index contributed by atoms with van der Waals surface area (Å²) >= 11 is 0. The average molecular weight is 371 g/mol. The molecule has 6 N–H and O–H groups in total. The van der Waals surface area contributed by atoms with Gasteiger partial charge in [0.15, 0.2) is 0 Å². The lowest BCUT2D eigenvalue weighted by Crippen LogP contribution is -2.12. The van der Waals surface area contributed by atoms with E-state index in [9.17, 15) is 4.79 Å². The van der Waals surface area contributed by atoms with E-state index in [4.69, 9.17) is 11.5 Å². The SMILES string of the molecule is Cc1cc(Nc2cccc(C(=O)Nc3ccc(N)cc3)c2)nc(N)n1.Cl. The number of rotatable bonds is 4. The molecule has 1 aromatic heterocycles. The van der Waals surface area contributed by atoms with Gasteiger partial charge in [0.1, 0.15) is 5.82 Å². The molecule has 8 heteroatoms. The molecular formula is C18H19ClN6O. The number of nitrogens with one attached hydrogen (secondary N) is 2. The average Bonchev–Trinajstić information content (AvgIpc) is 2.56. The molecule has 26 heavy (non-hydrogen) atoms. The third-order valence-electron chi connectivity index (χ3n) is 3.44. The number of carbonyl (C=O) groups is 1. The number of carbonyl (C=O) groups excluding carboxylic acids is 1. The zero-order chi connectivity index (χ0) is 17.8. The summed E-state index contributed by atoms with van der Waals surface area (Å²) in [6.45, 7) is 1.83. The third kappa shape index (κ3) is 4.84. The van der Waals surface area contributed by atoms with Gasteiger partial charge in [-0.15, -0.1) is 12.4 Å². The maximum atomic E-state index is 12.4. The standard InChI is InChI=1S/C18H18N6O.ClH/c1-11-9-16(24-18(20)21-11)22-15-4-2-3-12(10-15)17(25)23-14-7-5-13(19)6-8-14;/h2-10H,19H2,1H3,(H,23,25)(H3,20,21,22,24);1H. The van der Waals surface area contributed by atoms with E-state index in [1.165, 1.54) is 0 Å². The van der Waals surface area contributed by atoms with Crippen molar-refractivity contribution in [2.45, 2.75) is 6.92 Å². The number of benzene rings is 2. The largest absolute Gasteiger partial charge is 0.399 e. The van der Waals surface area contributed by atoms with Crippen LogP contribution in [0.1, 0.15) is 16.1 Å². The van der Waals surface area contributed by atoms with E-state index in [2.05, 4.69) is 20.6 Å². The molecule has 0 radical (unpaired) electrons. The highest BCUT2D eigenvalue weighted by Gasteiger charge is 2.08. The molecule has 0 unspecified atom stereocenters. The number of amides is 1.